The predicted octanol–water partition coefficient (Wildman–Crippen LogP) is 1.95. The lowest BCUT2D eigenvalue weighted by Gasteiger charge is -2.26. The molecule has 0 aromatic heterocycles. The highest BCUT2D eigenvalue weighted by Gasteiger charge is 2.29. The molecule has 0 bridgehead atoms. The largest absolute Gasteiger partial charge is 0.397 e. The molecule has 0 spiro atoms. The standard InChI is InChI=1S/C11H15ClN2O3S/c1-8-6-9(12)10(13)7-11(8)18(15,16)14-4-2-3-5-17-14/h6-7H,2-5,13H2,1H3. The summed E-state index contributed by atoms with van der Waals surface area (Å²) < 4.78 is 25.8. The van der Waals surface area contributed by atoms with Crippen LogP contribution in [-0.2, 0) is 14.9 Å². The molecule has 1 aliphatic heterocycles. The van der Waals surface area contributed by atoms with Gasteiger partial charge in [0.2, 0.25) is 0 Å². The first-order valence-electron chi connectivity index (χ1n) is 5.64. The Kier molecular flexibility index (Phi) is 3.82. The molecule has 0 unspecified atom stereocenters. The molecular weight excluding hydrogens is 276 g/mol. The molecule has 1 aromatic rings. The first-order valence-corrected chi connectivity index (χ1v) is 7.46. The summed E-state index contributed by atoms with van der Waals surface area (Å²) in [6.45, 7) is 2.47. The Morgan fingerprint density at radius 3 is 2.72 bits per heavy atom. The number of sulfonamides is 1. The first kappa shape index (κ1) is 13.6. The molecule has 18 heavy (non-hydrogen) atoms. The van der Waals surface area contributed by atoms with E-state index in [2.05, 4.69) is 0 Å². The third-order valence-electron chi connectivity index (χ3n) is 2.81. The van der Waals surface area contributed by atoms with E-state index in [9.17, 15) is 8.42 Å². The Hall–Kier alpha value is -0.820. The summed E-state index contributed by atoms with van der Waals surface area (Å²) in [5.74, 6) is 0. The lowest BCUT2D eigenvalue weighted by Crippen LogP contribution is -2.36. The maximum absolute atomic E-state index is 12.4. The summed E-state index contributed by atoms with van der Waals surface area (Å²) in [5, 5.41) is 0.353. The van der Waals surface area contributed by atoms with Crippen LogP contribution < -0.4 is 5.73 Å². The van der Waals surface area contributed by atoms with Gasteiger partial charge in [0.25, 0.3) is 10.0 Å². The molecule has 1 aliphatic rings. The van der Waals surface area contributed by atoms with E-state index < -0.39 is 10.0 Å². The normalized spacial score (nSPS) is 17.9. The quantitative estimate of drug-likeness (QED) is 0.845. The third kappa shape index (κ3) is 2.47. The van der Waals surface area contributed by atoms with Crippen LogP contribution in [0.5, 0.6) is 0 Å². The molecule has 0 atom stereocenters. The van der Waals surface area contributed by atoms with E-state index in [1.807, 2.05) is 0 Å². The van der Waals surface area contributed by atoms with Gasteiger partial charge in [0.15, 0.2) is 0 Å². The van der Waals surface area contributed by atoms with Crippen molar-refractivity contribution in [1.82, 2.24) is 4.47 Å². The second-order valence-corrected chi connectivity index (χ2v) is 6.42. The van der Waals surface area contributed by atoms with Crippen LogP contribution in [0.2, 0.25) is 5.02 Å². The van der Waals surface area contributed by atoms with Gasteiger partial charge in [-0.2, -0.15) is 0 Å². The number of benzene rings is 1. The van der Waals surface area contributed by atoms with Gasteiger partial charge < -0.3 is 5.73 Å². The van der Waals surface area contributed by atoms with Crippen LogP contribution in [0.1, 0.15) is 18.4 Å². The Bertz CT molecular complexity index is 554. The zero-order chi connectivity index (χ0) is 13.3. The molecule has 100 valence electrons. The number of aryl methyl sites for hydroxylation is 1. The SMILES string of the molecule is Cc1cc(Cl)c(N)cc1S(=O)(=O)N1CCCCO1. The second-order valence-electron chi connectivity index (χ2n) is 4.21. The molecule has 5 nitrogen and oxygen atoms in total. The number of nitrogen functional groups attached to an aromatic ring is 1. The van der Waals surface area contributed by atoms with Crippen molar-refractivity contribution in [3.05, 3.63) is 22.7 Å². The zero-order valence-electron chi connectivity index (χ0n) is 10.0. The average molecular weight is 291 g/mol. The highest BCUT2D eigenvalue weighted by atomic mass is 35.5. The van der Waals surface area contributed by atoms with Gasteiger partial charge in [-0.1, -0.05) is 16.1 Å². The van der Waals surface area contributed by atoms with Crippen LogP contribution >= 0.6 is 11.6 Å². The average Bonchev–Trinajstić information content (AvgIpc) is 2.34. The number of anilines is 1. The Morgan fingerprint density at radius 2 is 2.11 bits per heavy atom. The molecule has 2 rings (SSSR count). The monoisotopic (exact) mass is 290 g/mol. The number of nitrogens with two attached hydrogens (primary N) is 1. The van der Waals surface area contributed by atoms with Crippen LogP contribution in [0.15, 0.2) is 17.0 Å². The Labute approximate surface area is 111 Å². The van der Waals surface area contributed by atoms with Gasteiger partial charge in [-0.05, 0) is 37.5 Å². The van der Waals surface area contributed by atoms with E-state index in [1.165, 1.54) is 6.07 Å². The molecule has 0 amide bonds. The molecule has 7 heteroatoms. The van der Waals surface area contributed by atoms with Crippen molar-refractivity contribution < 1.29 is 13.3 Å². The smallest absolute Gasteiger partial charge is 0.265 e. The topological polar surface area (TPSA) is 72.6 Å². The number of nitrogens with zero attached hydrogens (tertiary/aromatic N) is 1. The number of halogens is 1. The van der Waals surface area contributed by atoms with Gasteiger partial charge in [-0.25, -0.2) is 8.42 Å². The summed E-state index contributed by atoms with van der Waals surface area (Å²) in [7, 11) is -3.66. The van der Waals surface area contributed by atoms with Crippen molar-refractivity contribution in [2.45, 2.75) is 24.7 Å². The van der Waals surface area contributed by atoms with E-state index in [0.29, 0.717) is 23.7 Å². The highest BCUT2D eigenvalue weighted by Crippen LogP contribution is 2.29. The lowest BCUT2D eigenvalue weighted by molar-refractivity contribution is -0.108. The summed E-state index contributed by atoms with van der Waals surface area (Å²) >= 11 is 5.86. The minimum atomic E-state index is -3.66. The van der Waals surface area contributed by atoms with E-state index in [4.69, 9.17) is 22.2 Å². The zero-order valence-corrected chi connectivity index (χ0v) is 11.6. The number of hydroxylamine groups is 1. The summed E-state index contributed by atoms with van der Waals surface area (Å²) in [4.78, 5) is 5.34. The van der Waals surface area contributed by atoms with Crippen molar-refractivity contribution in [3.8, 4) is 0 Å². The summed E-state index contributed by atoms with van der Waals surface area (Å²) in [6, 6.07) is 2.93. The van der Waals surface area contributed by atoms with Crippen molar-refractivity contribution in [3.63, 3.8) is 0 Å². The van der Waals surface area contributed by atoms with Crippen molar-refractivity contribution in [2.24, 2.45) is 0 Å². The summed E-state index contributed by atoms with van der Waals surface area (Å²) in [5.41, 5.74) is 6.47. The van der Waals surface area contributed by atoms with Gasteiger partial charge in [0.05, 0.1) is 22.2 Å². The fourth-order valence-corrected chi connectivity index (χ4v) is 3.58. The van der Waals surface area contributed by atoms with E-state index in [0.717, 1.165) is 17.3 Å². The molecule has 2 N–H and O–H groups in total. The predicted molar refractivity (Wildman–Crippen MR) is 69.7 cm³/mol. The van der Waals surface area contributed by atoms with Gasteiger partial charge in [-0.3, -0.25) is 4.84 Å². The van der Waals surface area contributed by atoms with Crippen LogP contribution in [-0.4, -0.2) is 26.0 Å². The first-order chi connectivity index (χ1) is 8.43. The van der Waals surface area contributed by atoms with Gasteiger partial charge >= 0.3 is 0 Å². The maximum atomic E-state index is 12.4. The van der Waals surface area contributed by atoms with E-state index in [-0.39, 0.29) is 10.6 Å². The third-order valence-corrected chi connectivity index (χ3v) is 4.96. The molecular formula is C11H15ClN2O3S. The van der Waals surface area contributed by atoms with Gasteiger partial charge in [-0.15, -0.1) is 0 Å². The molecule has 1 aromatic carbocycles. The van der Waals surface area contributed by atoms with Gasteiger partial charge in [0.1, 0.15) is 0 Å². The minimum absolute atomic E-state index is 0.145. The van der Waals surface area contributed by atoms with Crippen LogP contribution in [0, 0.1) is 6.92 Å². The fraction of sp³-hybridized carbons (Fsp3) is 0.455. The lowest BCUT2D eigenvalue weighted by atomic mass is 10.2. The second kappa shape index (κ2) is 5.05. The molecule has 1 saturated heterocycles. The minimum Gasteiger partial charge on any atom is -0.397 e. The Balaban J connectivity index is 2.43. The maximum Gasteiger partial charge on any atom is 0.265 e. The number of rotatable bonds is 2. The van der Waals surface area contributed by atoms with Crippen LogP contribution in [0.4, 0.5) is 5.69 Å². The fourth-order valence-electron chi connectivity index (χ4n) is 1.82. The van der Waals surface area contributed by atoms with Crippen molar-refractivity contribution in [1.29, 1.82) is 0 Å². The van der Waals surface area contributed by atoms with E-state index in [1.54, 1.807) is 13.0 Å². The van der Waals surface area contributed by atoms with Crippen molar-refractivity contribution >= 4 is 27.3 Å². The van der Waals surface area contributed by atoms with Crippen molar-refractivity contribution in [2.75, 3.05) is 18.9 Å². The molecule has 0 saturated carbocycles. The number of hydrogen-bond acceptors (Lipinski definition) is 4. The molecule has 1 heterocycles. The van der Waals surface area contributed by atoms with Crippen LogP contribution in [0.3, 0.4) is 0 Å². The highest BCUT2D eigenvalue weighted by molar-refractivity contribution is 7.89. The summed E-state index contributed by atoms with van der Waals surface area (Å²) in [6.07, 6.45) is 1.66. The van der Waals surface area contributed by atoms with Gasteiger partial charge in [0, 0.05) is 6.54 Å². The van der Waals surface area contributed by atoms with Crippen LogP contribution in [0.25, 0.3) is 0 Å². The Morgan fingerprint density at radius 1 is 1.39 bits per heavy atom. The number of hydrogen-bond donors (Lipinski definition) is 1. The molecule has 1 fully saturated rings. The van der Waals surface area contributed by atoms with E-state index >= 15 is 0 Å². The molecule has 0 radical (unpaired) electrons. The molecule has 0 aliphatic carbocycles.